The van der Waals surface area contributed by atoms with Gasteiger partial charge in [-0.1, -0.05) is 26.0 Å². The van der Waals surface area contributed by atoms with E-state index in [1.165, 1.54) is 6.07 Å². The molecular weight excluding hydrogens is 282 g/mol. The highest BCUT2D eigenvalue weighted by atomic mass is 35.5. The number of carbonyl (C=O) groups excluding carboxylic acids is 1. The second kappa shape index (κ2) is 7.81. The van der Waals surface area contributed by atoms with Gasteiger partial charge in [-0.25, -0.2) is 0 Å². The van der Waals surface area contributed by atoms with Gasteiger partial charge in [0.2, 0.25) is 5.91 Å². The molecule has 1 aromatic rings. The van der Waals surface area contributed by atoms with Crippen molar-refractivity contribution in [3.05, 3.63) is 39.4 Å². The van der Waals surface area contributed by atoms with Crippen LogP contribution >= 0.6 is 12.4 Å². The molecule has 1 atom stereocenters. The lowest BCUT2D eigenvalue weighted by molar-refractivity contribution is -0.385. The van der Waals surface area contributed by atoms with Crippen molar-refractivity contribution in [1.82, 2.24) is 5.32 Å². The second-order valence-corrected chi connectivity index (χ2v) is 4.81. The molecule has 0 saturated heterocycles. The number of nitrogens with zero attached hydrogens (tertiary/aromatic N) is 1. The Morgan fingerprint density at radius 3 is 2.55 bits per heavy atom. The summed E-state index contributed by atoms with van der Waals surface area (Å²) in [6.07, 6.45) is 0. The third-order valence-electron chi connectivity index (χ3n) is 3.09. The van der Waals surface area contributed by atoms with Crippen molar-refractivity contribution in [3.8, 4) is 0 Å². The maximum atomic E-state index is 11.7. The van der Waals surface area contributed by atoms with Crippen molar-refractivity contribution in [1.29, 1.82) is 0 Å². The zero-order valence-electron chi connectivity index (χ0n) is 11.8. The van der Waals surface area contributed by atoms with Crippen LogP contribution in [0.5, 0.6) is 0 Å². The molecule has 0 aromatic heterocycles. The van der Waals surface area contributed by atoms with E-state index >= 15 is 0 Å². The average Bonchev–Trinajstić information content (AvgIpc) is 2.35. The summed E-state index contributed by atoms with van der Waals surface area (Å²) in [6, 6.07) is 4.23. The number of amides is 1. The first kappa shape index (κ1) is 18.3. The van der Waals surface area contributed by atoms with Gasteiger partial charge in [0.1, 0.15) is 0 Å². The summed E-state index contributed by atoms with van der Waals surface area (Å²) < 4.78 is 0. The van der Waals surface area contributed by atoms with Crippen molar-refractivity contribution in [2.24, 2.45) is 11.7 Å². The Morgan fingerprint density at radius 2 is 2.05 bits per heavy atom. The Balaban J connectivity index is 0.00000361. The van der Waals surface area contributed by atoms with Crippen LogP contribution < -0.4 is 11.1 Å². The second-order valence-electron chi connectivity index (χ2n) is 4.81. The Bertz CT molecular complexity index is 492. The van der Waals surface area contributed by atoms with E-state index in [0.717, 1.165) is 5.56 Å². The molecule has 0 aliphatic heterocycles. The number of nitrogens with one attached hydrogen (secondary N) is 1. The first-order chi connectivity index (χ1) is 8.84. The lowest BCUT2D eigenvalue weighted by atomic mass is 10.0. The van der Waals surface area contributed by atoms with Gasteiger partial charge in [-0.3, -0.25) is 14.9 Å². The quantitative estimate of drug-likeness (QED) is 0.641. The molecule has 6 nitrogen and oxygen atoms in total. The standard InChI is InChI=1S/C13H19N3O3.ClH/c1-8(2)12(14)13(17)15-7-10-5-4-6-11(9(10)3)16(18)19;/h4-6,8,12H,7,14H2,1-3H3,(H,15,17);1H/t12-;/m0./s1. The van der Waals surface area contributed by atoms with Crippen LogP contribution in [-0.4, -0.2) is 16.9 Å². The topological polar surface area (TPSA) is 98.3 Å². The number of hydrogen-bond acceptors (Lipinski definition) is 4. The van der Waals surface area contributed by atoms with Gasteiger partial charge in [-0.15, -0.1) is 12.4 Å². The SMILES string of the molecule is Cc1c(CNC(=O)[C@@H](N)C(C)C)cccc1[N+](=O)[O-].Cl. The molecule has 1 amide bonds. The number of nitrogens with two attached hydrogens (primary N) is 1. The number of benzene rings is 1. The summed E-state index contributed by atoms with van der Waals surface area (Å²) in [7, 11) is 0. The Labute approximate surface area is 124 Å². The average molecular weight is 302 g/mol. The van der Waals surface area contributed by atoms with Crippen LogP contribution in [0.25, 0.3) is 0 Å². The van der Waals surface area contributed by atoms with Crippen molar-refractivity contribution in [3.63, 3.8) is 0 Å². The minimum Gasteiger partial charge on any atom is -0.351 e. The number of nitro groups is 1. The summed E-state index contributed by atoms with van der Waals surface area (Å²) in [5, 5.41) is 13.5. The van der Waals surface area contributed by atoms with Crippen LogP contribution in [0, 0.1) is 23.0 Å². The molecule has 0 bridgehead atoms. The number of rotatable bonds is 5. The Morgan fingerprint density at radius 1 is 1.45 bits per heavy atom. The van der Waals surface area contributed by atoms with Gasteiger partial charge in [0.25, 0.3) is 5.69 Å². The molecule has 7 heteroatoms. The summed E-state index contributed by atoms with van der Waals surface area (Å²) >= 11 is 0. The fourth-order valence-corrected chi connectivity index (χ4v) is 1.66. The van der Waals surface area contributed by atoms with Gasteiger partial charge in [0.05, 0.1) is 11.0 Å². The molecule has 0 fully saturated rings. The summed E-state index contributed by atoms with van der Waals surface area (Å²) in [4.78, 5) is 22.1. The molecule has 0 heterocycles. The van der Waals surface area contributed by atoms with Crippen LogP contribution in [0.3, 0.4) is 0 Å². The monoisotopic (exact) mass is 301 g/mol. The van der Waals surface area contributed by atoms with Crippen molar-refractivity contribution >= 4 is 24.0 Å². The van der Waals surface area contributed by atoms with Crippen LogP contribution in [0.1, 0.15) is 25.0 Å². The highest BCUT2D eigenvalue weighted by molar-refractivity contribution is 5.85. The molecule has 0 aliphatic carbocycles. The fraction of sp³-hybridized carbons (Fsp3) is 0.462. The highest BCUT2D eigenvalue weighted by Gasteiger charge is 2.18. The number of halogens is 1. The summed E-state index contributed by atoms with van der Waals surface area (Å²) in [5.41, 5.74) is 7.06. The van der Waals surface area contributed by atoms with E-state index in [-0.39, 0.29) is 36.5 Å². The maximum Gasteiger partial charge on any atom is 0.272 e. The molecule has 3 N–H and O–H groups in total. The van der Waals surface area contributed by atoms with E-state index < -0.39 is 11.0 Å². The lowest BCUT2D eigenvalue weighted by Crippen LogP contribution is -2.43. The molecule has 1 aromatic carbocycles. The van der Waals surface area contributed by atoms with Gasteiger partial charge in [0.15, 0.2) is 0 Å². The lowest BCUT2D eigenvalue weighted by Gasteiger charge is -2.15. The first-order valence-electron chi connectivity index (χ1n) is 6.10. The van der Waals surface area contributed by atoms with E-state index in [1.807, 2.05) is 13.8 Å². The third kappa shape index (κ3) is 4.47. The summed E-state index contributed by atoms with van der Waals surface area (Å²) in [6.45, 7) is 5.64. The molecule has 1 rings (SSSR count). The number of carbonyl (C=O) groups is 1. The smallest absolute Gasteiger partial charge is 0.272 e. The van der Waals surface area contributed by atoms with Crippen LogP contribution in [0.2, 0.25) is 0 Å². The zero-order valence-corrected chi connectivity index (χ0v) is 12.6. The minimum atomic E-state index is -0.570. The molecule has 0 radical (unpaired) electrons. The largest absolute Gasteiger partial charge is 0.351 e. The number of nitro benzene ring substituents is 1. The highest BCUT2D eigenvalue weighted by Crippen LogP contribution is 2.20. The zero-order chi connectivity index (χ0) is 14.6. The molecule has 20 heavy (non-hydrogen) atoms. The molecule has 0 unspecified atom stereocenters. The van der Waals surface area contributed by atoms with Gasteiger partial charge in [-0.2, -0.15) is 0 Å². The van der Waals surface area contributed by atoms with Crippen LogP contribution in [0.4, 0.5) is 5.69 Å². The fourth-order valence-electron chi connectivity index (χ4n) is 1.66. The first-order valence-corrected chi connectivity index (χ1v) is 6.10. The van der Waals surface area contributed by atoms with Crippen LogP contribution in [-0.2, 0) is 11.3 Å². The maximum absolute atomic E-state index is 11.7. The normalized spacial score (nSPS) is 11.7. The summed E-state index contributed by atoms with van der Waals surface area (Å²) in [5.74, 6) is -0.202. The van der Waals surface area contributed by atoms with E-state index in [4.69, 9.17) is 5.73 Å². The van der Waals surface area contributed by atoms with E-state index in [2.05, 4.69) is 5.32 Å². The van der Waals surface area contributed by atoms with E-state index in [9.17, 15) is 14.9 Å². The Kier molecular flexibility index (Phi) is 7.17. The molecular formula is C13H20ClN3O3. The van der Waals surface area contributed by atoms with Crippen molar-refractivity contribution in [2.75, 3.05) is 0 Å². The number of hydrogen-bond donors (Lipinski definition) is 2. The predicted molar refractivity (Wildman–Crippen MR) is 79.7 cm³/mol. The van der Waals surface area contributed by atoms with Gasteiger partial charge < -0.3 is 11.1 Å². The molecule has 112 valence electrons. The van der Waals surface area contributed by atoms with Crippen LogP contribution in [0.15, 0.2) is 18.2 Å². The van der Waals surface area contributed by atoms with E-state index in [0.29, 0.717) is 5.56 Å². The van der Waals surface area contributed by atoms with Gasteiger partial charge in [0, 0.05) is 18.2 Å². The van der Waals surface area contributed by atoms with Crippen molar-refractivity contribution in [2.45, 2.75) is 33.4 Å². The molecule has 0 aliphatic rings. The molecule has 0 spiro atoms. The van der Waals surface area contributed by atoms with Gasteiger partial charge >= 0.3 is 0 Å². The van der Waals surface area contributed by atoms with E-state index in [1.54, 1.807) is 19.1 Å². The third-order valence-corrected chi connectivity index (χ3v) is 3.09. The van der Waals surface area contributed by atoms with Gasteiger partial charge in [-0.05, 0) is 18.4 Å². The molecule has 0 saturated carbocycles. The van der Waals surface area contributed by atoms with Crippen molar-refractivity contribution < 1.29 is 9.72 Å². The predicted octanol–water partition coefficient (Wildman–Crippen LogP) is 1.92. The Hall–Kier alpha value is -1.66. The minimum absolute atomic E-state index is 0.